The summed E-state index contributed by atoms with van der Waals surface area (Å²) < 4.78 is 15.5. The quantitative estimate of drug-likeness (QED) is 0.176. The number of benzene rings is 8. The van der Waals surface area contributed by atoms with Gasteiger partial charge >= 0.3 is 0 Å². The molecule has 12 aromatic rings. The molecule has 8 aromatic carbocycles. The molecule has 0 N–H and O–H groups in total. The van der Waals surface area contributed by atoms with E-state index in [2.05, 4.69) is 108 Å². The molecule has 57 heavy (non-hydrogen) atoms. The highest BCUT2D eigenvalue weighted by atomic mass is 16.3. The standard InChI is InChI=1S/C51H30N4O2/c1-4-13-31(14-5-1)34-23-26-43-39(27-34)36-19-10-11-21-42(36)55(43)35-24-25-37-40-29-41-47(30-46(40)57-45(37)28-35)56-44-22-12-20-38(48(41)44)51-53-49(32-15-6-2-7-16-32)52-50(54-51)33-17-8-3-9-18-33/h1-30H. The van der Waals surface area contributed by atoms with E-state index in [-0.39, 0.29) is 0 Å². The number of fused-ring (bicyclic) bond motifs is 9. The molecular weight excluding hydrogens is 701 g/mol. The van der Waals surface area contributed by atoms with Crippen molar-refractivity contribution in [2.24, 2.45) is 0 Å². The van der Waals surface area contributed by atoms with E-state index in [1.165, 1.54) is 21.9 Å². The van der Waals surface area contributed by atoms with Crippen LogP contribution in [0.2, 0.25) is 0 Å². The zero-order valence-electron chi connectivity index (χ0n) is 30.4. The van der Waals surface area contributed by atoms with E-state index in [9.17, 15) is 0 Å². The molecule has 0 atom stereocenters. The van der Waals surface area contributed by atoms with Crippen molar-refractivity contribution in [3.05, 3.63) is 182 Å². The van der Waals surface area contributed by atoms with Crippen LogP contribution in [0.3, 0.4) is 0 Å². The summed E-state index contributed by atoms with van der Waals surface area (Å²) in [6.07, 6.45) is 0. The van der Waals surface area contributed by atoms with Gasteiger partial charge in [-0.05, 0) is 53.6 Å². The summed E-state index contributed by atoms with van der Waals surface area (Å²) in [5, 5.41) is 6.39. The van der Waals surface area contributed by atoms with Crippen LogP contribution in [0.4, 0.5) is 0 Å². The second kappa shape index (κ2) is 12.3. The van der Waals surface area contributed by atoms with E-state index in [1.807, 2.05) is 78.9 Å². The molecule has 4 aromatic heterocycles. The van der Waals surface area contributed by atoms with Gasteiger partial charge in [0.2, 0.25) is 0 Å². The zero-order valence-corrected chi connectivity index (χ0v) is 30.4. The topological polar surface area (TPSA) is 69.9 Å². The maximum atomic E-state index is 6.63. The van der Waals surface area contributed by atoms with Gasteiger partial charge in [-0.1, -0.05) is 127 Å². The molecular formula is C51H30N4O2. The van der Waals surface area contributed by atoms with Gasteiger partial charge in [-0.15, -0.1) is 0 Å². The first-order chi connectivity index (χ1) is 28.2. The minimum Gasteiger partial charge on any atom is -0.456 e. The lowest BCUT2D eigenvalue weighted by atomic mass is 10.0. The SMILES string of the molecule is c1ccc(-c2ccc3c(c2)c2ccccc2n3-c2ccc3c(c2)oc2cc4oc5cccc(-c6nc(-c7ccccc7)nc(-c7ccccc7)n6)c5c4cc23)cc1. The molecule has 0 saturated carbocycles. The van der Waals surface area contributed by atoms with E-state index in [0.29, 0.717) is 17.5 Å². The molecule has 0 aliphatic heterocycles. The third-order valence-electron chi connectivity index (χ3n) is 11.1. The Labute approximate surface area is 325 Å². The van der Waals surface area contributed by atoms with E-state index < -0.39 is 0 Å². The Hall–Kier alpha value is -7.83. The maximum Gasteiger partial charge on any atom is 0.164 e. The molecule has 6 nitrogen and oxygen atoms in total. The smallest absolute Gasteiger partial charge is 0.164 e. The summed E-state index contributed by atoms with van der Waals surface area (Å²) >= 11 is 0. The summed E-state index contributed by atoms with van der Waals surface area (Å²) in [4.78, 5) is 15.0. The van der Waals surface area contributed by atoms with Gasteiger partial charge in [-0.2, -0.15) is 0 Å². The summed E-state index contributed by atoms with van der Waals surface area (Å²) in [6.45, 7) is 0. The van der Waals surface area contributed by atoms with Gasteiger partial charge in [0.25, 0.3) is 0 Å². The Balaban J connectivity index is 1.03. The number of hydrogen-bond acceptors (Lipinski definition) is 5. The first kappa shape index (κ1) is 31.5. The largest absolute Gasteiger partial charge is 0.456 e. The molecule has 0 unspecified atom stereocenters. The van der Waals surface area contributed by atoms with Gasteiger partial charge in [0, 0.05) is 66.8 Å². The van der Waals surface area contributed by atoms with Crippen molar-refractivity contribution in [1.29, 1.82) is 0 Å². The Morgan fingerprint density at radius 2 is 0.947 bits per heavy atom. The highest BCUT2D eigenvalue weighted by molar-refractivity contribution is 6.18. The van der Waals surface area contributed by atoms with Crippen molar-refractivity contribution in [3.63, 3.8) is 0 Å². The van der Waals surface area contributed by atoms with Crippen molar-refractivity contribution in [2.45, 2.75) is 0 Å². The number of nitrogens with zero attached hydrogens (tertiary/aromatic N) is 4. The van der Waals surface area contributed by atoms with Gasteiger partial charge in [0.1, 0.15) is 22.3 Å². The molecule has 0 fully saturated rings. The Bertz CT molecular complexity index is 3450. The second-order valence-electron chi connectivity index (χ2n) is 14.4. The fourth-order valence-corrected chi connectivity index (χ4v) is 8.40. The van der Waals surface area contributed by atoms with Crippen LogP contribution in [0.5, 0.6) is 0 Å². The maximum absolute atomic E-state index is 6.63. The van der Waals surface area contributed by atoms with E-state index in [1.54, 1.807) is 0 Å². The van der Waals surface area contributed by atoms with Crippen molar-refractivity contribution >= 4 is 65.7 Å². The zero-order chi connectivity index (χ0) is 37.5. The monoisotopic (exact) mass is 730 g/mol. The molecule has 0 spiro atoms. The van der Waals surface area contributed by atoms with Crippen LogP contribution in [-0.2, 0) is 0 Å². The molecule has 0 radical (unpaired) electrons. The summed E-state index contributed by atoms with van der Waals surface area (Å²) in [5.74, 6) is 1.81. The second-order valence-corrected chi connectivity index (χ2v) is 14.4. The van der Waals surface area contributed by atoms with Crippen LogP contribution in [-0.4, -0.2) is 19.5 Å². The van der Waals surface area contributed by atoms with Crippen LogP contribution in [0, 0.1) is 0 Å². The lowest BCUT2D eigenvalue weighted by molar-refractivity contribution is 0.656. The van der Waals surface area contributed by atoms with Crippen molar-refractivity contribution in [2.75, 3.05) is 0 Å². The molecule has 4 heterocycles. The summed E-state index contributed by atoms with van der Waals surface area (Å²) in [5.41, 5.74) is 11.5. The lowest BCUT2D eigenvalue weighted by Gasteiger charge is -2.09. The predicted octanol–water partition coefficient (Wildman–Crippen LogP) is 13.4. The fraction of sp³-hybridized carbons (Fsp3) is 0. The number of aromatic nitrogens is 4. The van der Waals surface area contributed by atoms with Crippen LogP contribution in [0.25, 0.3) is 117 Å². The molecule has 0 amide bonds. The van der Waals surface area contributed by atoms with Gasteiger partial charge in [-0.3, -0.25) is 0 Å². The first-order valence-electron chi connectivity index (χ1n) is 19.0. The van der Waals surface area contributed by atoms with Crippen LogP contribution < -0.4 is 0 Å². The van der Waals surface area contributed by atoms with Crippen molar-refractivity contribution in [1.82, 2.24) is 19.5 Å². The van der Waals surface area contributed by atoms with Gasteiger partial charge in [-0.25, -0.2) is 15.0 Å². The normalized spacial score (nSPS) is 11.9. The average molecular weight is 731 g/mol. The molecule has 0 saturated heterocycles. The average Bonchev–Trinajstić information content (AvgIpc) is 3.94. The van der Waals surface area contributed by atoms with E-state index in [0.717, 1.165) is 77.3 Å². The summed E-state index contributed by atoms with van der Waals surface area (Å²) in [6, 6.07) is 62.8. The van der Waals surface area contributed by atoms with Crippen LogP contribution in [0.1, 0.15) is 0 Å². The molecule has 12 rings (SSSR count). The molecule has 0 aliphatic rings. The third kappa shape index (κ3) is 5.01. The molecule has 0 bridgehead atoms. The van der Waals surface area contributed by atoms with Gasteiger partial charge < -0.3 is 13.4 Å². The Kier molecular flexibility index (Phi) is 6.83. The van der Waals surface area contributed by atoms with Crippen LogP contribution in [0.15, 0.2) is 191 Å². The number of hydrogen-bond donors (Lipinski definition) is 0. The third-order valence-corrected chi connectivity index (χ3v) is 11.1. The minimum absolute atomic E-state index is 0.583. The predicted molar refractivity (Wildman–Crippen MR) is 230 cm³/mol. The van der Waals surface area contributed by atoms with Crippen molar-refractivity contribution < 1.29 is 8.83 Å². The molecule has 0 aliphatic carbocycles. The van der Waals surface area contributed by atoms with Crippen LogP contribution >= 0.6 is 0 Å². The number of furan rings is 2. The Morgan fingerprint density at radius 1 is 0.333 bits per heavy atom. The fourth-order valence-electron chi connectivity index (χ4n) is 8.40. The van der Waals surface area contributed by atoms with Gasteiger partial charge in [0.05, 0.1) is 11.0 Å². The number of para-hydroxylation sites is 1. The Morgan fingerprint density at radius 3 is 1.70 bits per heavy atom. The molecule has 6 heteroatoms. The highest BCUT2D eigenvalue weighted by Gasteiger charge is 2.21. The first-order valence-corrected chi connectivity index (χ1v) is 19.0. The lowest BCUT2D eigenvalue weighted by Crippen LogP contribution is -2.00. The summed E-state index contributed by atoms with van der Waals surface area (Å²) in [7, 11) is 0. The minimum atomic E-state index is 0.583. The van der Waals surface area contributed by atoms with Gasteiger partial charge in [0.15, 0.2) is 17.5 Å². The molecule has 266 valence electrons. The van der Waals surface area contributed by atoms with Crippen molar-refractivity contribution in [3.8, 4) is 51.0 Å². The highest BCUT2D eigenvalue weighted by Crippen LogP contribution is 2.42. The van der Waals surface area contributed by atoms with E-state index in [4.69, 9.17) is 23.8 Å². The number of rotatable bonds is 5. The van der Waals surface area contributed by atoms with E-state index >= 15 is 0 Å².